The SMILES string of the molecule is Cc1cc([N+](=O)[O-])ccc1NC(=O)c1ccc(-c2cccc(Cl)c2C)o1. The van der Waals surface area contributed by atoms with Crippen molar-refractivity contribution in [1.82, 2.24) is 0 Å². The summed E-state index contributed by atoms with van der Waals surface area (Å²) in [5, 5.41) is 14.1. The first-order valence-electron chi connectivity index (χ1n) is 7.78. The highest BCUT2D eigenvalue weighted by molar-refractivity contribution is 6.31. The molecule has 26 heavy (non-hydrogen) atoms. The van der Waals surface area contributed by atoms with Crippen molar-refractivity contribution in [3.05, 3.63) is 80.6 Å². The summed E-state index contributed by atoms with van der Waals surface area (Å²) >= 11 is 6.12. The summed E-state index contributed by atoms with van der Waals surface area (Å²) in [5.74, 6) is 0.237. The van der Waals surface area contributed by atoms with Crippen molar-refractivity contribution < 1.29 is 14.1 Å². The number of nitro groups is 1. The smallest absolute Gasteiger partial charge is 0.291 e. The number of carbonyl (C=O) groups excluding carboxylic acids is 1. The van der Waals surface area contributed by atoms with Gasteiger partial charge in [0.25, 0.3) is 11.6 Å². The fraction of sp³-hybridized carbons (Fsp3) is 0.105. The van der Waals surface area contributed by atoms with Crippen LogP contribution in [0.1, 0.15) is 21.7 Å². The second-order valence-electron chi connectivity index (χ2n) is 5.79. The average molecular weight is 371 g/mol. The highest BCUT2D eigenvalue weighted by Crippen LogP contribution is 2.30. The van der Waals surface area contributed by atoms with Crippen molar-refractivity contribution in [1.29, 1.82) is 0 Å². The van der Waals surface area contributed by atoms with Crippen LogP contribution in [-0.4, -0.2) is 10.8 Å². The van der Waals surface area contributed by atoms with Gasteiger partial charge in [0.2, 0.25) is 0 Å². The van der Waals surface area contributed by atoms with Crippen molar-refractivity contribution >= 4 is 28.9 Å². The lowest BCUT2D eigenvalue weighted by molar-refractivity contribution is -0.384. The number of amides is 1. The van der Waals surface area contributed by atoms with Crippen LogP contribution in [0.2, 0.25) is 5.02 Å². The first kappa shape index (κ1) is 17.7. The molecule has 7 heteroatoms. The van der Waals surface area contributed by atoms with Gasteiger partial charge in [-0.05, 0) is 49.2 Å². The third-order valence-corrected chi connectivity index (χ3v) is 4.44. The van der Waals surface area contributed by atoms with E-state index in [0.717, 1.165) is 11.1 Å². The maximum atomic E-state index is 12.4. The van der Waals surface area contributed by atoms with E-state index in [1.807, 2.05) is 19.1 Å². The Morgan fingerprint density at radius 2 is 1.92 bits per heavy atom. The van der Waals surface area contributed by atoms with E-state index in [4.69, 9.17) is 16.0 Å². The number of carbonyl (C=O) groups is 1. The number of aryl methyl sites for hydroxylation is 1. The van der Waals surface area contributed by atoms with Crippen LogP contribution in [0, 0.1) is 24.0 Å². The summed E-state index contributed by atoms with van der Waals surface area (Å²) in [4.78, 5) is 22.7. The Labute approximate surface area is 154 Å². The van der Waals surface area contributed by atoms with Gasteiger partial charge in [-0.25, -0.2) is 0 Å². The van der Waals surface area contributed by atoms with E-state index < -0.39 is 10.8 Å². The summed E-state index contributed by atoms with van der Waals surface area (Å²) in [6.07, 6.45) is 0. The highest BCUT2D eigenvalue weighted by Gasteiger charge is 2.16. The maximum Gasteiger partial charge on any atom is 0.291 e. The Balaban J connectivity index is 1.83. The number of hydrogen-bond acceptors (Lipinski definition) is 4. The fourth-order valence-electron chi connectivity index (χ4n) is 2.56. The van der Waals surface area contributed by atoms with Crippen LogP contribution in [0.25, 0.3) is 11.3 Å². The summed E-state index contributed by atoms with van der Waals surface area (Å²) in [6.45, 7) is 3.56. The molecule has 0 aliphatic carbocycles. The van der Waals surface area contributed by atoms with Crippen LogP contribution in [-0.2, 0) is 0 Å². The lowest BCUT2D eigenvalue weighted by Gasteiger charge is -2.07. The standard InChI is InChI=1S/C19H15ClN2O4/c1-11-10-13(22(24)25)6-7-16(11)21-19(23)18-9-8-17(26-18)14-4-3-5-15(20)12(14)2/h3-10H,1-2H3,(H,21,23). The van der Waals surface area contributed by atoms with E-state index in [2.05, 4.69) is 5.32 Å². The molecule has 0 fully saturated rings. The minimum atomic E-state index is -0.481. The molecule has 0 unspecified atom stereocenters. The van der Waals surface area contributed by atoms with Gasteiger partial charge >= 0.3 is 0 Å². The van der Waals surface area contributed by atoms with E-state index >= 15 is 0 Å². The number of non-ortho nitro benzene ring substituents is 1. The van der Waals surface area contributed by atoms with Gasteiger partial charge < -0.3 is 9.73 Å². The number of nitrogens with zero attached hydrogens (tertiary/aromatic N) is 1. The lowest BCUT2D eigenvalue weighted by atomic mass is 10.1. The first-order valence-corrected chi connectivity index (χ1v) is 8.16. The second-order valence-corrected chi connectivity index (χ2v) is 6.19. The van der Waals surface area contributed by atoms with E-state index in [-0.39, 0.29) is 11.4 Å². The summed E-state index contributed by atoms with van der Waals surface area (Å²) < 4.78 is 5.66. The second kappa shape index (κ2) is 7.01. The monoisotopic (exact) mass is 370 g/mol. The highest BCUT2D eigenvalue weighted by atomic mass is 35.5. The molecule has 0 aliphatic heterocycles. The average Bonchev–Trinajstić information content (AvgIpc) is 3.09. The number of anilines is 1. The molecular formula is C19H15ClN2O4. The molecular weight excluding hydrogens is 356 g/mol. The Hall–Kier alpha value is -3.12. The van der Waals surface area contributed by atoms with Gasteiger partial charge in [0.1, 0.15) is 5.76 Å². The zero-order valence-corrected chi connectivity index (χ0v) is 14.8. The van der Waals surface area contributed by atoms with E-state index in [1.165, 1.54) is 18.2 Å². The molecule has 6 nitrogen and oxygen atoms in total. The van der Waals surface area contributed by atoms with Crippen molar-refractivity contribution in [3.63, 3.8) is 0 Å². The van der Waals surface area contributed by atoms with Gasteiger partial charge in [-0.15, -0.1) is 0 Å². The van der Waals surface area contributed by atoms with Gasteiger partial charge in [-0.2, -0.15) is 0 Å². The van der Waals surface area contributed by atoms with E-state index in [1.54, 1.807) is 25.1 Å². The molecule has 1 N–H and O–H groups in total. The molecule has 0 radical (unpaired) electrons. The van der Waals surface area contributed by atoms with Crippen molar-refractivity contribution in [3.8, 4) is 11.3 Å². The molecule has 0 aliphatic rings. The number of hydrogen-bond donors (Lipinski definition) is 1. The Kier molecular flexibility index (Phi) is 4.77. The number of rotatable bonds is 4. The molecule has 1 heterocycles. The van der Waals surface area contributed by atoms with E-state index in [0.29, 0.717) is 22.0 Å². The van der Waals surface area contributed by atoms with Crippen molar-refractivity contribution in [2.75, 3.05) is 5.32 Å². The van der Waals surface area contributed by atoms with Crippen LogP contribution in [0.4, 0.5) is 11.4 Å². The predicted molar refractivity (Wildman–Crippen MR) is 99.7 cm³/mol. The molecule has 3 aromatic rings. The third-order valence-electron chi connectivity index (χ3n) is 4.03. The largest absolute Gasteiger partial charge is 0.451 e. The zero-order chi connectivity index (χ0) is 18.8. The van der Waals surface area contributed by atoms with Gasteiger partial charge in [0.15, 0.2) is 5.76 Å². The minimum Gasteiger partial charge on any atom is -0.451 e. The van der Waals surface area contributed by atoms with Crippen molar-refractivity contribution in [2.45, 2.75) is 13.8 Å². The lowest BCUT2D eigenvalue weighted by Crippen LogP contribution is -2.11. The normalized spacial score (nSPS) is 10.6. The van der Waals surface area contributed by atoms with E-state index in [9.17, 15) is 14.9 Å². The molecule has 0 saturated heterocycles. The summed E-state index contributed by atoms with van der Waals surface area (Å²) in [6, 6.07) is 13.0. The number of nitro benzene ring substituents is 1. The van der Waals surface area contributed by atoms with Crippen molar-refractivity contribution in [2.24, 2.45) is 0 Å². The maximum absolute atomic E-state index is 12.4. The molecule has 0 saturated carbocycles. The van der Waals surface area contributed by atoms with Crippen LogP contribution in [0.3, 0.4) is 0 Å². The number of benzene rings is 2. The topological polar surface area (TPSA) is 85.4 Å². The van der Waals surface area contributed by atoms with Gasteiger partial charge in [-0.1, -0.05) is 23.7 Å². The molecule has 0 spiro atoms. The molecule has 3 rings (SSSR count). The first-order chi connectivity index (χ1) is 12.4. The fourth-order valence-corrected chi connectivity index (χ4v) is 2.74. The zero-order valence-electron chi connectivity index (χ0n) is 14.1. The number of nitrogens with one attached hydrogen (secondary N) is 1. The Morgan fingerprint density at radius 3 is 2.62 bits per heavy atom. The van der Waals surface area contributed by atoms with Crippen LogP contribution >= 0.6 is 11.6 Å². The molecule has 2 aromatic carbocycles. The Bertz CT molecular complexity index is 1010. The molecule has 1 amide bonds. The van der Waals surface area contributed by atoms with Gasteiger partial charge in [-0.3, -0.25) is 14.9 Å². The Morgan fingerprint density at radius 1 is 1.15 bits per heavy atom. The summed E-state index contributed by atoms with van der Waals surface area (Å²) in [7, 11) is 0. The van der Waals surface area contributed by atoms with Crippen LogP contribution in [0.15, 0.2) is 52.9 Å². The third kappa shape index (κ3) is 3.45. The van der Waals surface area contributed by atoms with Gasteiger partial charge in [0, 0.05) is 28.4 Å². The summed E-state index contributed by atoms with van der Waals surface area (Å²) in [5.41, 5.74) is 2.71. The molecule has 0 atom stereocenters. The molecule has 0 bridgehead atoms. The predicted octanol–water partition coefficient (Wildman–Crippen LogP) is 5.38. The van der Waals surface area contributed by atoms with Crippen LogP contribution < -0.4 is 5.32 Å². The quantitative estimate of drug-likeness (QED) is 0.493. The van der Waals surface area contributed by atoms with Crippen LogP contribution in [0.5, 0.6) is 0 Å². The molecule has 132 valence electrons. The number of halogens is 1. The number of furan rings is 1. The van der Waals surface area contributed by atoms with Gasteiger partial charge in [0.05, 0.1) is 4.92 Å². The molecule has 1 aromatic heterocycles. The minimum absolute atomic E-state index is 0.0304.